The van der Waals surface area contributed by atoms with E-state index < -0.39 is 61.1 Å². The SMILES string of the molecule is CC(=O)OCc1c(I)c(C(=O)NCC(COC(C)=O)OC(C)=O)c(I)c(N(Nc2c(I)c(CO)c(I)c(C(=O)NCC(O)CO)c2I)C(C)=O)c1I. The van der Waals surface area contributed by atoms with Gasteiger partial charge >= 0.3 is 17.9 Å². The maximum Gasteiger partial charge on any atom is 0.303 e. The van der Waals surface area contributed by atoms with Crippen molar-refractivity contribution in [1.82, 2.24) is 10.6 Å². The van der Waals surface area contributed by atoms with Crippen LogP contribution in [0.25, 0.3) is 0 Å². The first-order chi connectivity index (χ1) is 24.3. The second kappa shape index (κ2) is 22.2. The van der Waals surface area contributed by atoms with E-state index >= 15 is 0 Å². The van der Waals surface area contributed by atoms with Crippen molar-refractivity contribution in [2.75, 3.05) is 36.7 Å². The molecule has 0 aliphatic rings. The monoisotopic (exact) mass is 1400 g/mol. The molecule has 52 heavy (non-hydrogen) atoms. The molecular weight excluding hydrogens is 1370 g/mol. The fraction of sp³-hybridized carbons (Fsp3) is 0.400. The van der Waals surface area contributed by atoms with Crippen LogP contribution < -0.4 is 21.1 Å². The van der Waals surface area contributed by atoms with Gasteiger partial charge in [0, 0.05) is 59.6 Å². The molecule has 0 saturated carbocycles. The molecule has 0 aromatic heterocycles. The van der Waals surface area contributed by atoms with Crippen molar-refractivity contribution in [2.24, 2.45) is 0 Å². The van der Waals surface area contributed by atoms with E-state index in [0.29, 0.717) is 29.0 Å². The lowest BCUT2D eigenvalue weighted by Gasteiger charge is -2.30. The van der Waals surface area contributed by atoms with Gasteiger partial charge in [-0.15, -0.1) is 0 Å². The average Bonchev–Trinajstić information content (AvgIpc) is 3.05. The molecule has 0 heterocycles. The normalized spacial score (nSPS) is 11.9. The minimum Gasteiger partial charge on any atom is -0.462 e. The van der Waals surface area contributed by atoms with Gasteiger partial charge in [-0.05, 0) is 136 Å². The first-order valence-corrected chi connectivity index (χ1v) is 21.1. The van der Waals surface area contributed by atoms with Crippen molar-refractivity contribution < 1.29 is 58.3 Å². The fourth-order valence-corrected chi connectivity index (χ4v) is 12.9. The largest absolute Gasteiger partial charge is 0.462 e. The summed E-state index contributed by atoms with van der Waals surface area (Å²) < 4.78 is 17.9. The van der Waals surface area contributed by atoms with Crippen LogP contribution in [0.4, 0.5) is 11.4 Å². The molecule has 3 amide bonds. The number of aliphatic hydroxyl groups excluding tert-OH is 3. The van der Waals surface area contributed by atoms with Gasteiger partial charge in [-0.1, -0.05) is 0 Å². The molecular formula is C30H32I6N4O12. The summed E-state index contributed by atoms with van der Waals surface area (Å²) in [5, 5.41) is 35.7. The molecule has 6 N–H and O–H groups in total. The topological polar surface area (TPSA) is 230 Å². The van der Waals surface area contributed by atoms with Crippen molar-refractivity contribution in [1.29, 1.82) is 0 Å². The van der Waals surface area contributed by atoms with Crippen LogP contribution in [-0.4, -0.2) is 89.5 Å². The zero-order chi connectivity index (χ0) is 39.6. The molecule has 2 unspecified atom stereocenters. The first kappa shape index (κ1) is 47.5. The lowest BCUT2D eigenvalue weighted by Crippen LogP contribution is -2.40. The number of benzene rings is 2. The van der Waals surface area contributed by atoms with Gasteiger partial charge in [0.2, 0.25) is 5.91 Å². The minimum absolute atomic E-state index is 0.0893. The molecule has 0 aliphatic heterocycles. The summed E-state index contributed by atoms with van der Waals surface area (Å²) >= 11 is 11.7. The Labute approximate surface area is 380 Å². The van der Waals surface area contributed by atoms with Gasteiger partial charge in [0.05, 0.1) is 55.5 Å². The van der Waals surface area contributed by atoms with Crippen molar-refractivity contribution in [3.05, 3.63) is 43.7 Å². The van der Waals surface area contributed by atoms with Crippen LogP contribution in [0.2, 0.25) is 0 Å². The van der Waals surface area contributed by atoms with Crippen molar-refractivity contribution >= 4 is 183 Å². The number of rotatable bonds is 16. The van der Waals surface area contributed by atoms with Gasteiger partial charge in [0.1, 0.15) is 13.2 Å². The number of hydrogen-bond donors (Lipinski definition) is 6. The van der Waals surface area contributed by atoms with Gasteiger partial charge in [-0.25, -0.2) is 5.01 Å². The number of nitrogens with one attached hydrogen (secondary N) is 3. The highest BCUT2D eigenvalue weighted by Crippen LogP contribution is 2.41. The van der Waals surface area contributed by atoms with Gasteiger partial charge < -0.3 is 40.2 Å². The van der Waals surface area contributed by atoms with Crippen LogP contribution in [0.3, 0.4) is 0 Å². The van der Waals surface area contributed by atoms with E-state index in [0.717, 1.165) is 0 Å². The maximum atomic E-state index is 13.9. The zero-order valence-corrected chi connectivity index (χ0v) is 40.6. The highest BCUT2D eigenvalue weighted by atomic mass is 127. The second-order valence-corrected chi connectivity index (χ2v) is 17.0. The van der Waals surface area contributed by atoms with Gasteiger partial charge in [-0.3, -0.25) is 34.2 Å². The molecule has 286 valence electrons. The molecule has 16 nitrogen and oxygen atoms in total. The molecule has 0 fully saturated rings. The van der Waals surface area contributed by atoms with Gasteiger partial charge in [0.15, 0.2) is 6.10 Å². The summed E-state index contributed by atoms with van der Waals surface area (Å²) in [6.45, 7) is 2.74. The summed E-state index contributed by atoms with van der Waals surface area (Å²) in [4.78, 5) is 75.7. The summed E-state index contributed by atoms with van der Waals surface area (Å²) in [5.41, 5.74) is 4.55. The number of carbonyl (C=O) groups excluding carboxylic acids is 6. The van der Waals surface area contributed by atoms with Crippen LogP contribution in [0.1, 0.15) is 59.5 Å². The summed E-state index contributed by atoms with van der Waals surface area (Å²) in [6.07, 6.45) is -2.21. The Morgan fingerprint density at radius 3 is 1.73 bits per heavy atom. The highest BCUT2D eigenvalue weighted by Gasteiger charge is 2.32. The number of anilines is 2. The number of hydrogen-bond acceptors (Lipinski definition) is 13. The Hall–Kier alpha value is -0.680. The quantitative estimate of drug-likeness (QED) is 0.0613. The molecule has 22 heteroatoms. The number of nitrogens with zero attached hydrogens (tertiary/aromatic N) is 1. The first-order valence-electron chi connectivity index (χ1n) is 14.6. The fourth-order valence-electron chi connectivity index (χ4n) is 4.19. The molecule has 2 atom stereocenters. The Kier molecular flexibility index (Phi) is 20.2. The average molecular weight is 1400 g/mol. The van der Waals surface area contributed by atoms with Crippen LogP contribution in [0.5, 0.6) is 0 Å². The summed E-state index contributed by atoms with van der Waals surface area (Å²) in [7, 11) is 0. The van der Waals surface area contributed by atoms with E-state index in [1.54, 1.807) is 0 Å². The summed E-state index contributed by atoms with van der Waals surface area (Å²) in [6, 6.07) is 0. The van der Waals surface area contributed by atoms with E-state index in [4.69, 9.17) is 14.2 Å². The second-order valence-electron chi connectivity index (χ2n) is 10.5. The van der Waals surface area contributed by atoms with E-state index in [9.17, 15) is 44.1 Å². The number of carbonyl (C=O) groups is 6. The van der Waals surface area contributed by atoms with Crippen LogP contribution in [-0.2, 0) is 46.6 Å². The number of esters is 3. The predicted octanol–water partition coefficient (Wildman–Crippen LogP) is 3.56. The van der Waals surface area contributed by atoms with Crippen molar-refractivity contribution in [3.8, 4) is 0 Å². The number of ether oxygens (including phenoxy) is 3. The molecule has 0 spiro atoms. The Morgan fingerprint density at radius 2 is 1.23 bits per heavy atom. The Balaban J connectivity index is 2.81. The molecule has 2 aromatic carbocycles. The lowest BCUT2D eigenvalue weighted by molar-refractivity contribution is -0.155. The smallest absolute Gasteiger partial charge is 0.303 e. The van der Waals surface area contributed by atoms with Crippen molar-refractivity contribution in [3.63, 3.8) is 0 Å². The number of amides is 3. The predicted molar refractivity (Wildman–Crippen MR) is 237 cm³/mol. The van der Waals surface area contributed by atoms with Gasteiger partial charge in [0.25, 0.3) is 11.8 Å². The number of hydrazine groups is 1. The third kappa shape index (κ3) is 12.7. The number of halogens is 6. The molecule has 0 saturated heterocycles. The van der Waals surface area contributed by atoms with E-state index in [-0.39, 0.29) is 52.4 Å². The molecule has 0 radical (unpaired) electrons. The van der Waals surface area contributed by atoms with E-state index in [2.05, 4.69) is 16.1 Å². The van der Waals surface area contributed by atoms with Gasteiger partial charge in [-0.2, -0.15) is 0 Å². The van der Waals surface area contributed by atoms with Crippen LogP contribution >= 0.6 is 136 Å². The zero-order valence-electron chi connectivity index (χ0n) is 27.6. The third-order valence-electron chi connectivity index (χ3n) is 6.59. The molecule has 2 rings (SSSR count). The van der Waals surface area contributed by atoms with Crippen LogP contribution in [0.15, 0.2) is 0 Å². The minimum atomic E-state index is -1.20. The third-order valence-corrected chi connectivity index (χ3v) is 13.5. The highest BCUT2D eigenvalue weighted by molar-refractivity contribution is 14.1. The standard InChI is InChI=1S/C30H32I6N4O12/c1-11(43)40(39-27-23(33)17(8-42)21(31)19(25(27)35)29(48)37-5-15(47)7-41)28-24(34)18(10-51-13(3)45)22(32)20(26(28)36)30(49)38-6-16(52-14(4)46)9-50-12(2)44/h15-16,39,41-42,47H,5-10H2,1-4H3,(H,37,48)(H,38,49). The summed E-state index contributed by atoms with van der Waals surface area (Å²) in [5.74, 6) is -3.67. The number of aliphatic hydroxyl groups is 3. The molecule has 2 aromatic rings. The lowest BCUT2D eigenvalue weighted by atomic mass is 10.1. The maximum absolute atomic E-state index is 13.9. The van der Waals surface area contributed by atoms with E-state index in [1.165, 1.54) is 32.7 Å². The molecule has 0 aliphatic carbocycles. The molecule has 0 bridgehead atoms. The Bertz CT molecular complexity index is 1750. The van der Waals surface area contributed by atoms with E-state index in [1.807, 2.05) is 136 Å². The Morgan fingerprint density at radius 1 is 0.692 bits per heavy atom. The van der Waals surface area contributed by atoms with Crippen molar-refractivity contribution in [2.45, 2.75) is 53.1 Å². The van der Waals surface area contributed by atoms with Crippen LogP contribution in [0, 0.1) is 21.4 Å².